The summed E-state index contributed by atoms with van der Waals surface area (Å²) in [5, 5.41) is 2.38. The molecule has 0 saturated heterocycles. The largest absolute Gasteiger partial charge is 0.417 e. The van der Waals surface area contributed by atoms with E-state index in [0.29, 0.717) is 0 Å². The van der Waals surface area contributed by atoms with Crippen LogP contribution in [0.1, 0.15) is 19.4 Å². The Hall–Kier alpha value is -1.08. The molecule has 0 spiro atoms. The summed E-state index contributed by atoms with van der Waals surface area (Å²) in [5.41, 5.74) is 4.84. The molecule has 106 valence electrons. The normalized spacial score (nSPS) is 13.5. The van der Waals surface area contributed by atoms with Crippen molar-refractivity contribution in [2.24, 2.45) is 11.7 Å². The van der Waals surface area contributed by atoms with E-state index in [2.05, 4.69) is 21.2 Å². The van der Waals surface area contributed by atoms with E-state index in [1.165, 1.54) is 12.1 Å². The number of nitrogens with one attached hydrogen (secondary N) is 1. The first-order chi connectivity index (χ1) is 8.62. The average molecular weight is 339 g/mol. The molecule has 1 amide bonds. The molecular formula is C12H14BrF3N2O. The van der Waals surface area contributed by atoms with E-state index in [1.807, 2.05) is 0 Å². The third-order valence-corrected chi connectivity index (χ3v) is 3.25. The minimum Gasteiger partial charge on any atom is -0.325 e. The van der Waals surface area contributed by atoms with Crippen molar-refractivity contribution in [3.63, 3.8) is 0 Å². The van der Waals surface area contributed by atoms with Crippen LogP contribution in [0.3, 0.4) is 0 Å². The van der Waals surface area contributed by atoms with Gasteiger partial charge < -0.3 is 11.1 Å². The van der Waals surface area contributed by atoms with E-state index in [9.17, 15) is 18.0 Å². The first-order valence-electron chi connectivity index (χ1n) is 5.56. The van der Waals surface area contributed by atoms with Gasteiger partial charge in [-0.2, -0.15) is 13.2 Å². The van der Waals surface area contributed by atoms with Gasteiger partial charge in [0.25, 0.3) is 0 Å². The molecule has 1 aromatic rings. The summed E-state index contributed by atoms with van der Waals surface area (Å²) in [7, 11) is 0. The van der Waals surface area contributed by atoms with Crippen LogP contribution in [0.4, 0.5) is 18.9 Å². The Bertz CT molecular complexity index is 475. The fraction of sp³-hybridized carbons (Fsp3) is 0.417. The molecule has 7 heteroatoms. The number of alkyl halides is 3. The first kappa shape index (κ1) is 16.0. The van der Waals surface area contributed by atoms with Crippen molar-refractivity contribution in [1.29, 1.82) is 0 Å². The molecule has 0 bridgehead atoms. The van der Waals surface area contributed by atoms with Crippen molar-refractivity contribution in [2.45, 2.75) is 26.1 Å². The molecule has 0 aliphatic carbocycles. The van der Waals surface area contributed by atoms with E-state index in [4.69, 9.17) is 5.73 Å². The highest BCUT2D eigenvalue weighted by atomic mass is 79.9. The second kappa shape index (κ2) is 5.92. The molecular weight excluding hydrogens is 325 g/mol. The quantitative estimate of drug-likeness (QED) is 0.887. The second-order valence-electron chi connectivity index (χ2n) is 4.45. The molecule has 1 rings (SSSR count). The summed E-state index contributed by atoms with van der Waals surface area (Å²) >= 11 is 2.83. The van der Waals surface area contributed by atoms with Crippen molar-refractivity contribution < 1.29 is 18.0 Å². The van der Waals surface area contributed by atoms with Gasteiger partial charge in [0.15, 0.2) is 0 Å². The number of carbonyl (C=O) groups is 1. The molecule has 0 fully saturated rings. The summed E-state index contributed by atoms with van der Waals surface area (Å²) in [6.45, 7) is 3.51. The fourth-order valence-corrected chi connectivity index (χ4v) is 1.82. The van der Waals surface area contributed by atoms with Crippen molar-refractivity contribution in [3.8, 4) is 0 Å². The summed E-state index contributed by atoms with van der Waals surface area (Å²) in [5.74, 6) is -0.608. The van der Waals surface area contributed by atoms with Gasteiger partial charge >= 0.3 is 6.18 Å². The van der Waals surface area contributed by atoms with E-state index in [0.717, 1.165) is 6.07 Å². The molecule has 1 atom stereocenters. The van der Waals surface area contributed by atoms with Crippen LogP contribution in [0.25, 0.3) is 0 Å². The molecule has 0 saturated carbocycles. The van der Waals surface area contributed by atoms with Gasteiger partial charge in [-0.05, 0) is 24.1 Å². The first-order valence-corrected chi connectivity index (χ1v) is 6.35. The minimum atomic E-state index is -4.49. The van der Waals surface area contributed by atoms with Crippen LogP contribution in [0.2, 0.25) is 0 Å². The number of benzene rings is 1. The standard InChI is InChI=1S/C12H14BrF3N2O/c1-6(2)10(17)11(19)18-7-3-4-9(13)8(5-7)12(14,15)16/h3-6,10H,17H2,1-2H3,(H,18,19). The number of hydrogen-bond donors (Lipinski definition) is 2. The Balaban J connectivity index is 2.95. The molecule has 3 N–H and O–H groups in total. The van der Waals surface area contributed by atoms with Gasteiger partial charge in [-0.15, -0.1) is 0 Å². The topological polar surface area (TPSA) is 55.1 Å². The third-order valence-electron chi connectivity index (χ3n) is 2.56. The molecule has 1 unspecified atom stereocenters. The van der Waals surface area contributed by atoms with E-state index < -0.39 is 23.7 Å². The maximum atomic E-state index is 12.7. The van der Waals surface area contributed by atoms with Crippen molar-refractivity contribution >= 4 is 27.5 Å². The third kappa shape index (κ3) is 4.21. The lowest BCUT2D eigenvalue weighted by Gasteiger charge is -2.16. The highest BCUT2D eigenvalue weighted by Gasteiger charge is 2.33. The maximum absolute atomic E-state index is 12.7. The molecule has 0 aliphatic heterocycles. The van der Waals surface area contributed by atoms with Gasteiger partial charge in [0.2, 0.25) is 5.91 Å². The number of nitrogens with two attached hydrogens (primary N) is 1. The highest BCUT2D eigenvalue weighted by Crippen LogP contribution is 2.36. The maximum Gasteiger partial charge on any atom is 0.417 e. The van der Waals surface area contributed by atoms with Crippen LogP contribution in [-0.2, 0) is 11.0 Å². The molecule has 0 aliphatic rings. The lowest BCUT2D eigenvalue weighted by atomic mass is 10.0. The second-order valence-corrected chi connectivity index (χ2v) is 5.31. The van der Waals surface area contributed by atoms with Crippen LogP contribution in [0, 0.1) is 5.92 Å². The monoisotopic (exact) mass is 338 g/mol. The van der Waals surface area contributed by atoms with Gasteiger partial charge in [-0.1, -0.05) is 29.8 Å². The van der Waals surface area contributed by atoms with E-state index >= 15 is 0 Å². The van der Waals surface area contributed by atoms with Crippen LogP contribution in [-0.4, -0.2) is 11.9 Å². The lowest BCUT2D eigenvalue weighted by Crippen LogP contribution is -2.39. The summed E-state index contributed by atoms with van der Waals surface area (Å²) in [6.07, 6.45) is -4.49. The van der Waals surface area contributed by atoms with Gasteiger partial charge in [-0.3, -0.25) is 4.79 Å². The molecule has 0 radical (unpaired) electrons. The Kier molecular flexibility index (Phi) is 4.98. The zero-order valence-corrected chi connectivity index (χ0v) is 12.0. The van der Waals surface area contributed by atoms with E-state index in [1.54, 1.807) is 13.8 Å². The van der Waals surface area contributed by atoms with Crippen molar-refractivity contribution in [3.05, 3.63) is 28.2 Å². The number of rotatable bonds is 3. The number of anilines is 1. The number of amides is 1. The van der Waals surface area contributed by atoms with Gasteiger partial charge in [-0.25, -0.2) is 0 Å². The SMILES string of the molecule is CC(C)C(N)C(=O)Nc1ccc(Br)c(C(F)(F)F)c1. The molecule has 0 heterocycles. The molecule has 1 aromatic carbocycles. The predicted molar refractivity (Wildman–Crippen MR) is 70.6 cm³/mol. The zero-order valence-electron chi connectivity index (χ0n) is 10.4. The Morgan fingerprint density at radius 2 is 1.95 bits per heavy atom. The molecule has 0 aromatic heterocycles. The predicted octanol–water partition coefficient (Wildman–Crippen LogP) is 3.39. The molecule has 19 heavy (non-hydrogen) atoms. The lowest BCUT2D eigenvalue weighted by molar-refractivity contribution is -0.138. The number of hydrogen-bond acceptors (Lipinski definition) is 2. The Morgan fingerprint density at radius 3 is 2.42 bits per heavy atom. The summed E-state index contributed by atoms with van der Waals surface area (Å²) in [4.78, 5) is 11.7. The Labute approximate surface area is 117 Å². The van der Waals surface area contributed by atoms with Gasteiger partial charge in [0, 0.05) is 10.2 Å². The number of carbonyl (C=O) groups excluding carboxylic acids is 1. The van der Waals surface area contributed by atoms with E-state index in [-0.39, 0.29) is 16.1 Å². The fourth-order valence-electron chi connectivity index (χ4n) is 1.35. The molecule has 3 nitrogen and oxygen atoms in total. The van der Waals surface area contributed by atoms with Crippen LogP contribution >= 0.6 is 15.9 Å². The Morgan fingerprint density at radius 1 is 1.37 bits per heavy atom. The average Bonchev–Trinajstić information content (AvgIpc) is 2.28. The van der Waals surface area contributed by atoms with Crippen molar-refractivity contribution in [2.75, 3.05) is 5.32 Å². The zero-order chi connectivity index (χ0) is 14.8. The number of halogens is 4. The minimum absolute atomic E-state index is 0.0663. The van der Waals surface area contributed by atoms with Crippen LogP contribution in [0.15, 0.2) is 22.7 Å². The van der Waals surface area contributed by atoms with Gasteiger partial charge in [0.1, 0.15) is 0 Å². The summed E-state index contributed by atoms with van der Waals surface area (Å²) in [6, 6.07) is 2.72. The van der Waals surface area contributed by atoms with Crippen LogP contribution < -0.4 is 11.1 Å². The van der Waals surface area contributed by atoms with Crippen molar-refractivity contribution in [1.82, 2.24) is 0 Å². The smallest absolute Gasteiger partial charge is 0.325 e. The summed E-state index contributed by atoms with van der Waals surface area (Å²) < 4.78 is 38.0. The van der Waals surface area contributed by atoms with Crippen LogP contribution in [0.5, 0.6) is 0 Å². The highest BCUT2D eigenvalue weighted by molar-refractivity contribution is 9.10. The van der Waals surface area contributed by atoms with Gasteiger partial charge in [0.05, 0.1) is 11.6 Å².